The average Bonchev–Trinajstić information content (AvgIpc) is 3.65. The Kier molecular flexibility index (Phi) is 5.95. The molecule has 4 aliphatic rings. The summed E-state index contributed by atoms with van der Waals surface area (Å²) in [5.74, 6) is 0.413. The van der Waals surface area contributed by atoms with Crippen LogP contribution in [0.15, 0.2) is 12.4 Å². The van der Waals surface area contributed by atoms with E-state index in [0.29, 0.717) is 48.0 Å². The zero-order chi connectivity index (χ0) is 27.8. The van der Waals surface area contributed by atoms with Crippen molar-refractivity contribution in [3.05, 3.63) is 34.1 Å². The van der Waals surface area contributed by atoms with E-state index in [4.69, 9.17) is 0 Å². The largest absolute Gasteiger partial charge is 0.349 e. The number of thiophene rings is 1. The van der Waals surface area contributed by atoms with Crippen LogP contribution in [-0.4, -0.2) is 48.6 Å². The Labute approximate surface area is 231 Å². The lowest BCUT2D eigenvalue weighted by Crippen LogP contribution is -2.45. The highest BCUT2D eigenvalue weighted by Gasteiger charge is 2.65. The number of anilines is 3. The molecule has 0 radical (unpaired) electrons. The molecule has 7 rings (SSSR count). The van der Waals surface area contributed by atoms with Crippen LogP contribution >= 0.6 is 11.3 Å². The lowest BCUT2D eigenvalue weighted by atomic mass is 9.89. The average molecular weight is 575 g/mol. The predicted molar refractivity (Wildman–Crippen MR) is 141 cm³/mol. The molecule has 0 bridgehead atoms. The molecule has 4 aliphatic carbocycles. The van der Waals surface area contributed by atoms with Crippen molar-refractivity contribution < 1.29 is 22.8 Å². The topological polar surface area (TPSA) is 119 Å². The maximum Gasteiger partial charge on any atom is 0.282 e. The fourth-order valence-electron chi connectivity index (χ4n) is 6.11. The van der Waals surface area contributed by atoms with Gasteiger partial charge in [-0.25, -0.2) is 13.2 Å². The molecule has 1 spiro atoms. The lowest BCUT2D eigenvalue weighted by Gasteiger charge is -2.31. The molecule has 0 saturated heterocycles. The van der Waals surface area contributed by atoms with Crippen molar-refractivity contribution in [1.82, 2.24) is 29.9 Å². The van der Waals surface area contributed by atoms with Gasteiger partial charge in [-0.15, -0.1) is 21.5 Å². The SMILES string of the molecule is Cn1nc(C(F)F)cc1Nc1nncn1[C@H]1CCc2sc(NC(=O)[C@H]3CC34CC4)c(C(=O)NC3CC(F)C3)c2C1. The molecule has 0 unspecified atom stereocenters. The molecular formula is C26H29F3N8O2S. The number of nitrogens with one attached hydrogen (secondary N) is 3. The summed E-state index contributed by atoms with van der Waals surface area (Å²) < 4.78 is 42.9. The number of nitrogens with zero attached hydrogens (tertiary/aromatic N) is 5. The van der Waals surface area contributed by atoms with Gasteiger partial charge in [0.05, 0.1) is 5.56 Å². The van der Waals surface area contributed by atoms with E-state index in [9.17, 15) is 22.8 Å². The molecule has 0 aliphatic heterocycles. The quantitative estimate of drug-likeness (QED) is 0.366. The second-order valence-electron chi connectivity index (χ2n) is 11.5. The second kappa shape index (κ2) is 9.32. The van der Waals surface area contributed by atoms with Crippen molar-refractivity contribution in [3.8, 4) is 0 Å². The smallest absolute Gasteiger partial charge is 0.282 e. The molecule has 3 N–H and O–H groups in total. The summed E-state index contributed by atoms with van der Waals surface area (Å²) >= 11 is 1.45. The fraction of sp³-hybridized carbons (Fsp3) is 0.577. The van der Waals surface area contributed by atoms with Gasteiger partial charge >= 0.3 is 0 Å². The van der Waals surface area contributed by atoms with Crippen LogP contribution in [0.2, 0.25) is 0 Å². The minimum absolute atomic E-state index is 0.0115. The fourth-order valence-corrected chi connectivity index (χ4v) is 7.36. The summed E-state index contributed by atoms with van der Waals surface area (Å²) in [6.45, 7) is 0. The van der Waals surface area contributed by atoms with E-state index in [0.717, 1.165) is 36.1 Å². The first-order valence-electron chi connectivity index (χ1n) is 13.6. The van der Waals surface area contributed by atoms with Crippen LogP contribution in [0.25, 0.3) is 0 Å². The van der Waals surface area contributed by atoms with Crippen molar-refractivity contribution >= 4 is 39.9 Å². The molecule has 3 fully saturated rings. The molecule has 3 saturated carbocycles. The van der Waals surface area contributed by atoms with Crippen LogP contribution < -0.4 is 16.0 Å². The van der Waals surface area contributed by atoms with E-state index < -0.39 is 12.6 Å². The highest BCUT2D eigenvalue weighted by atomic mass is 32.1. The van der Waals surface area contributed by atoms with Gasteiger partial charge in [0.15, 0.2) is 0 Å². The molecule has 2 amide bonds. The molecule has 14 heteroatoms. The van der Waals surface area contributed by atoms with Crippen LogP contribution in [-0.2, 0) is 24.7 Å². The molecule has 10 nitrogen and oxygen atoms in total. The van der Waals surface area contributed by atoms with Gasteiger partial charge in [0, 0.05) is 36.0 Å². The zero-order valence-electron chi connectivity index (χ0n) is 21.8. The normalized spacial score (nSPS) is 25.8. The van der Waals surface area contributed by atoms with Gasteiger partial charge in [0.1, 0.15) is 29.0 Å². The number of carbonyl (C=O) groups excluding carboxylic acids is 2. The Morgan fingerprint density at radius 3 is 2.73 bits per heavy atom. The van der Waals surface area contributed by atoms with Crippen LogP contribution in [0.1, 0.15) is 77.5 Å². The monoisotopic (exact) mass is 574 g/mol. The Balaban J connectivity index is 1.15. The number of hydrogen-bond donors (Lipinski definition) is 3. The van der Waals surface area contributed by atoms with Crippen molar-refractivity contribution in [2.75, 3.05) is 10.6 Å². The summed E-state index contributed by atoms with van der Waals surface area (Å²) in [6, 6.07) is 0.937. The Bertz CT molecular complexity index is 1490. The minimum atomic E-state index is -2.69. The number of amides is 2. The van der Waals surface area contributed by atoms with Crippen LogP contribution in [0.5, 0.6) is 0 Å². The van der Waals surface area contributed by atoms with Crippen LogP contribution in [0.4, 0.5) is 29.9 Å². The Hall–Kier alpha value is -3.42. The second-order valence-corrected chi connectivity index (χ2v) is 12.6. The number of fused-ring (bicyclic) bond motifs is 1. The maximum atomic E-state index is 13.5. The summed E-state index contributed by atoms with van der Waals surface area (Å²) in [5, 5.41) is 21.7. The van der Waals surface area contributed by atoms with E-state index in [1.807, 2.05) is 4.57 Å². The molecule has 40 heavy (non-hydrogen) atoms. The number of hydrogen-bond acceptors (Lipinski definition) is 7. The third-order valence-electron chi connectivity index (χ3n) is 8.84. The highest BCUT2D eigenvalue weighted by molar-refractivity contribution is 7.17. The Morgan fingerprint density at radius 2 is 2.05 bits per heavy atom. The van der Waals surface area contributed by atoms with Gasteiger partial charge in [0.2, 0.25) is 11.9 Å². The van der Waals surface area contributed by atoms with Gasteiger partial charge < -0.3 is 16.0 Å². The van der Waals surface area contributed by atoms with Gasteiger partial charge in [0.25, 0.3) is 12.3 Å². The summed E-state index contributed by atoms with van der Waals surface area (Å²) in [4.78, 5) is 27.6. The molecule has 3 heterocycles. The molecular weight excluding hydrogens is 545 g/mol. The molecule has 0 aromatic carbocycles. The van der Waals surface area contributed by atoms with Crippen molar-refractivity contribution in [2.24, 2.45) is 18.4 Å². The Morgan fingerprint density at radius 1 is 1.25 bits per heavy atom. The summed E-state index contributed by atoms with van der Waals surface area (Å²) in [6.07, 6.45) is 3.58. The third-order valence-corrected chi connectivity index (χ3v) is 10.0. The first kappa shape index (κ1) is 25.5. The highest BCUT2D eigenvalue weighted by Crippen LogP contribution is 2.70. The number of alkyl halides is 3. The maximum absolute atomic E-state index is 13.5. The molecule has 2 atom stereocenters. The van der Waals surface area contributed by atoms with Gasteiger partial charge in [-0.3, -0.25) is 18.8 Å². The minimum Gasteiger partial charge on any atom is -0.349 e. The van der Waals surface area contributed by atoms with Gasteiger partial charge in [-0.2, -0.15) is 5.10 Å². The molecule has 3 aromatic heterocycles. The standard InChI is InChI=1S/C26H29F3N8O2S/c1-36-19(9-17(35-36)21(28)29)32-25-34-30-11-37(25)14-2-3-18-15(8-14)20(23(39)31-13-6-12(27)7-13)24(40-18)33-22(38)16-10-26(16)4-5-26/h9,11-14,16,21H,2-8,10H2,1H3,(H,31,39)(H,32,34)(H,33,38)/t12?,13?,14-,16+/m0/s1. The van der Waals surface area contributed by atoms with Crippen molar-refractivity contribution in [3.63, 3.8) is 0 Å². The van der Waals surface area contributed by atoms with Crippen LogP contribution in [0, 0.1) is 11.3 Å². The third kappa shape index (κ3) is 4.45. The van der Waals surface area contributed by atoms with Crippen molar-refractivity contribution in [1.29, 1.82) is 0 Å². The summed E-state index contributed by atoms with van der Waals surface area (Å²) in [5.41, 5.74) is 1.17. The molecule has 3 aromatic rings. The number of halogens is 3. The first-order valence-corrected chi connectivity index (χ1v) is 14.4. The predicted octanol–water partition coefficient (Wildman–Crippen LogP) is 4.45. The first-order chi connectivity index (χ1) is 19.2. The lowest BCUT2D eigenvalue weighted by molar-refractivity contribution is -0.117. The van der Waals surface area contributed by atoms with E-state index in [-0.39, 0.29) is 40.9 Å². The van der Waals surface area contributed by atoms with E-state index in [1.165, 1.54) is 22.1 Å². The van der Waals surface area contributed by atoms with E-state index in [2.05, 4.69) is 31.2 Å². The molecule has 212 valence electrons. The zero-order valence-corrected chi connectivity index (χ0v) is 22.6. The number of aryl methyl sites for hydroxylation is 2. The number of rotatable bonds is 8. The van der Waals surface area contributed by atoms with Gasteiger partial charge in [-0.05, 0) is 62.3 Å². The number of carbonyl (C=O) groups is 2. The number of aromatic nitrogens is 5. The van der Waals surface area contributed by atoms with Gasteiger partial charge in [-0.1, -0.05) is 0 Å². The van der Waals surface area contributed by atoms with E-state index >= 15 is 0 Å². The van der Waals surface area contributed by atoms with Crippen LogP contribution in [0.3, 0.4) is 0 Å². The van der Waals surface area contributed by atoms with Crippen molar-refractivity contribution in [2.45, 2.75) is 76.0 Å². The van der Waals surface area contributed by atoms with E-state index in [1.54, 1.807) is 13.4 Å². The summed E-state index contributed by atoms with van der Waals surface area (Å²) in [7, 11) is 1.56.